The zero-order valence-electron chi connectivity index (χ0n) is 12.7. The molecule has 1 saturated carbocycles. The first-order valence-electron chi connectivity index (χ1n) is 7.34. The van der Waals surface area contributed by atoms with Gasteiger partial charge in [0.2, 0.25) is 0 Å². The predicted molar refractivity (Wildman–Crippen MR) is 77.2 cm³/mol. The van der Waals surface area contributed by atoms with Crippen molar-refractivity contribution in [2.45, 2.75) is 64.3 Å². The number of ether oxygens (including phenoxy) is 1. The number of halogens is 2. The van der Waals surface area contributed by atoms with Gasteiger partial charge in [-0.05, 0) is 57.7 Å². The summed E-state index contributed by atoms with van der Waals surface area (Å²) < 4.78 is 33.4. The van der Waals surface area contributed by atoms with Crippen LogP contribution in [0.5, 0.6) is 5.75 Å². The minimum Gasteiger partial charge on any atom is -0.482 e. The third-order valence-electron chi connectivity index (χ3n) is 3.57. The van der Waals surface area contributed by atoms with E-state index in [-0.39, 0.29) is 11.3 Å². The Balaban J connectivity index is 2.10. The molecular weight excluding hydrogens is 276 g/mol. The van der Waals surface area contributed by atoms with Gasteiger partial charge in [0.25, 0.3) is 0 Å². The average Bonchev–Trinajstić information content (AvgIpc) is 2.76. The Hall–Kier alpha value is -1.20. The summed E-state index contributed by atoms with van der Waals surface area (Å²) in [7, 11) is 0. The summed E-state index contributed by atoms with van der Waals surface area (Å²) in [5, 5.41) is 12.9. The first-order valence-corrected chi connectivity index (χ1v) is 7.34. The van der Waals surface area contributed by atoms with Crippen LogP contribution >= 0.6 is 0 Å². The molecule has 118 valence electrons. The monoisotopic (exact) mass is 299 g/mol. The van der Waals surface area contributed by atoms with Crippen molar-refractivity contribution in [2.75, 3.05) is 0 Å². The number of benzene rings is 1. The van der Waals surface area contributed by atoms with Crippen LogP contribution in [0.4, 0.5) is 8.78 Å². The van der Waals surface area contributed by atoms with Crippen LogP contribution in [0.25, 0.3) is 0 Å². The number of hydrogen-bond donors (Lipinski definition) is 2. The Morgan fingerprint density at radius 1 is 1.24 bits per heavy atom. The van der Waals surface area contributed by atoms with Gasteiger partial charge in [0.05, 0.1) is 6.10 Å². The molecule has 0 aliphatic heterocycles. The molecule has 0 spiro atoms. The van der Waals surface area contributed by atoms with Crippen LogP contribution in [0.3, 0.4) is 0 Å². The molecule has 1 aliphatic carbocycles. The van der Waals surface area contributed by atoms with E-state index in [4.69, 9.17) is 4.74 Å². The summed E-state index contributed by atoms with van der Waals surface area (Å²) in [6.07, 6.45) is 0.871. The van der Waals surface area contributed by atoms with Crippen molar-refractivity contribution < 1.29 is 18.6 Å². The van der Waals surface area contributed by atoms with Gasteiger partial charge in [0, 0.05) is 12.1 Å². The third kappa shape index (κ3) is 4.38. The van der Waals surface area contributed by atoms with Crippen molar-refractivity contribution in [1.82, 2.24) is 5.32 Å². The molecular formula is C16H23F2NO2. The van der Waals surface area contributed by atoms with Crippen LogP contribution in [-0.2, 0) is 6.54 Å². The number of hydrogen-bond acceptors (Lipinski definition) is 3. The Morgan fingerprint density at radius 3 is 2.33 bits per heavy atom. The number of aliphatic hydroxyl groups is 1. The van der Waals surface area contributed by atoms with Crippen molar-refractivity contribution in [2.24, 2.45) is 0 Å². The fourth-order valence-electron chi connectivity index (χ4n) is 2.39. The molecule has 5 heteroatoms. The van der Waals surface area contributed by atoms with Gasteiger partial charge in [0.1, 0.15) is 6.10 Å². The second-order valence-corrected chi connectivity index (χ2v) is 6.65. The largest absolute Gasteiger partial charge is 0.482 e. The van der Waals surface area contributed by atoms with Gasteiger partial charge in [-0.1, -0.05) is 0 Å². The normalized spacial score (nSPS) is 22.6. The lowest BCUT2D eigenvalue weighted by molar-refractivity contribution is 0.0551. The van der Waals surface area contributed by atoms with Gasteiger partial charge in [-0.25, -0.2) is 8.78 Å². The van der Waals surface area contributed by atoms with Crippen LogP contribution in [0.15, 0.2) is 12.1 Å². The van der Waals surface area contributed by atoms with E-state index < -0.39 is 23.8 Å². The highest BCUT2D eigenvalue weighted by Gasteiger charge is 2.29. The summed E-state index contributed by atoms with van der Waals surface area (Å²) in [6, 6.07) is 2.55. The highest BCUT2D eigenvalue weighted by Crippen LogP contribution is 2.29. The van der Waals surface area contributed by atoms with Crippen molar-refractivity contribution in [3.8, 4) is 5.75 Å². The molecule has 2 unspecified atom stereocenters. The van der Waals surface area contributed by atoms with Crippen molar-refractivity contribution in [1.29, 1.82) is 0 Å². The second-order valence-electron chi connectivity index (χ2n) is 6.65. The Kier molecular flexibility index (Phi) is 4.84. The van der Waals surface area contributed by atoms with E-state index >= 15 is 0 Å². The first kappa shape index (κ1) is 16.2. The summed E-state index contributed by atoms with van der Waals surface area (Å²) in [5.74, 6) is -1.83. The summed E-state index contributed by atoms with van der Waals surface area (Å²) in [4.78, 5) is 0. The van der Waals surface area contributed by atoms with Crippen LogP contribution < -0.4 is 10.1 Å². The summed E-state index contributed by atoms with van der Waals surface area (Å²) in [6.45, 7) is 6.33. The van der Waals surface area contributed by atoms with E-state index in [1.54, 1.807) is 0 Å². The molecule has 3 nitrogen and oxygen atoms in total. The molecule has 0 amide bonds. The standard InChI is InChI=1S/C16H23F2NO2/c1-16(2,3)19-9-10-7-11(17)15(12(18)8-10)21-14-6-4-5-13(14)20/h7-8,13-14,19-20H,4-6,9H2,1-3H3. The lowest BCUT2D eigenvalue weighted by Gasteiger charge is -2.21. The topological polar surface area (TPSA) is 41.5 Å². The van der Waals surface area contributed by atoms with E-state index in [1.807, 2.05) is 20.8 Å². The van der Waals surface area contributed by atoms with Crippen LogP contribution in [-0.4, -0.2) is 22.9 Å². The van der Waals surface area contributed by atoms with E-state index in [0.717, 1.165) is 6.42 Å². The SMILES string of the molecule is CC(C)(C)NCc1cc(F)c(OC2CCCC2O)c(F)c1. The minimum atomic E-state index is -0.722. The summed E-state index contributed by atoms with van der Waals surface area (Å²) in [5.41, 5.74) is 0.398. The van der Waals surface area contributed by atoms with Crippen molar-refractivity contribution in [3.05, 3.63) is 29.3 Å². The lowest BCUT2D eigenvalue weighted by Crippen LogP contribution is -2.35. The van der Waals surface area contributed by atoms with Gasteiger partial charge in [-0.15, -0.1) is 0 Å². The highest BCUT2D eigenvalue weighted by molar-refractivity contribution is 5.31. The van der Waals surface area contributed by atoms with Gasteiger partial charge in [0.15, 0.2) is 17.4 Å². The van der Waals surface area contributed by atoms with E-state index in [9.17, 15) is 13.9 Å². The van der Waals surface area contributed by atoms with Gasteiger partial charge >= 0.3 is 0 Å². The number of nitrogens with one attached hydrogen (secondary N) is 1. The number of rotatable bonds is 4. The molecule has 0 radical (unpaired) electrons. The maximum absolute atomic E-state index is 14.0. The smallest absolute Gasteiger partial charge is 0.191 e. The molecule has 0 heterocycles. The quantitative estimate of drug-likeness (QED) is 0.897. The van der Waals surface area contributed by atoms with E-state index in [0.29, 0.717) is 24.9 Å². The molecule has 2 N–H and O–H groups in total. The Morgan fingerprint density at radius 2 is 1.86 bits per heavy atom. The maximum atomic E-state index is 14.0. The molecule has 0 aromatic heterocycles. The minimum absolute atomic E-state index is 0.129. The first-order chi connectivity index (χ1) is 9.76. The molecule has 0 bridgehead atoms. The van der Waals surface area contributed by atoms with Crippen molar-refractivity contribution in [3.63, 3.8) is 0 Å². The summed E-state index contributed by atoms with van der Waals surface area (Å²) >= 11 is 0. The van der Waals surface area contributed by atoms with Crippen LogP contribution in [0.1, 0.15) is 45.6 Å². The zero-order chi connectivity index (χ0) is 15.6. The zero-order valence-corrected chi connectivity index (χ0v) is 12.7. The lowest BCUT2D eigenvalue weighted by atomic mass is 10.1. The molecule has 21 heavy (non-hydrogen) atoms. The second kappa shape index (κ2) is 6.28. The van der Waals surface area contributed by atoms with Gasteiger partial charge < -0.3 is 15.2 Å². The van der Waals surface area contributed by atoms with Crippen LogP contribution in [0.2, 0.25) is 0 Å². The van der Waals surface area contributed by atoms with E-state index in [1.165, 1.54) is 12.1 Å². The van der Waals surface area contributed by atoms with Crippen LogP contribution in [0, 0.1) is 11.6 Å². The highest BCUT2D eigenvalue weighted by atomic mass is 19.1. The maximum Gasteiger partial charge on any atom is 0.191 e. The molecule has 1 aliphatic rings. The average molecular weight is 299 g/mol. The van der Waals surface area contributed by atoms with Gasteiger partial charge in [-0.3, -0.25) is 0 Å². The Labute approximate surface area is 124 Å². The third-order valence-corrected chi connectivity index (χ3v) is 3.57. The fourth-order valence-corrected chi connectivity index (χ4v) is 2.39. The van der Waals surface area contributed by atoms with Crippen molar-refractivity contribution >= 4 is 0 Å². The van der Waals surface area contributed by atoms with E-state index in [2.05, 4.69) is 5.32 Å². The molecule has 0 saturated heterocycles. The molecule has 1 fully saturated rings. The number of aliphatic hydroxyl groups excluding tert-OH is 1. The predicted octanol–water partition coefficient (Wildman–Crippen LogP) is 3.15. The molecule has 2 atom stereocenters. The molecule has 1 aromatic carbocycles. The van der Waals surface area contributed by atoms with Gasteiger partial charge in [-0.2, -0.15) is 0 Å². The molecule has 1 aromatic rings. The fraction of sp³-hybridized carbons (Fsp3) is 0.625. The Bertz CT molecular complexity index is 477. The molecule has 2 rings (SSSR count).